The standard InChI is InChI=1S/C24H30N2O6/c1-16-6-7-18(15-19(16)29-2)24(28)26-10-8-25(9-11-26)22(27)14-17-12-20(30-3)23(32-5)21(13-17)31-4/h6-7,12-13,15H,8-11,14H2,1-5H3. The lowest BCUT2D eigenvalue weighted by Gasteiger charge is -2.35. The molecule has 0 saturated carbocycles. The van der Waals surface area contributed by atoms with Crippen molar-refractivity contribution in [1.29, 1.82) is 0 Å². The van der Waals surface area contributed by atoms with Crippen LogP contribution in [0.2, 0.25) is 0 Å². The number of methoxy groups -OCH3 is 4. The summed E-state index contributed by atoms with van der Waals surface area (Å²) in [6, 6.07) is 9.01. The average Bonchev–Trinajstić information content (AvgIpc) is 2.83. The van der Waals surface area contributed by atoms with Crippen LogP contribution in [-0.2, 0) is 11.2 Å². The van der Waals surface area contributed by atoms with Crippen molar-refractivity contribution < 1.29 is 28.5 Å². The molecular weight excluding hydrogens is 412 g/mol. The van der Waals surface area contributed by atoms with Crippen molar-refractivity contribution in [2.45, 2.75) is 13.3 Å². The Balaban J connectivity index is 1.63. The molecule has 2 amide bonds. The summed E-state index contributed by atoms with van der Waals surface area (Å²) in [5.41, 5.74) is 2.34. The number of benzene rings is 2. The fourth-order valence-electron chi connectivity index (χ4n) is 3.82. The average molecular weight is 443 g/mol. The Morgan fingerprint density at radius 3 is 1.88 bits per heavy atom. The summed E-state index contributed by atoms with van der Waals surface area (Å²) in [7, 11) is 6.22. The Morgan fingerprint density at radius 1 is 0.781 bits per heavy atom. The predicted octanol–water partition coefficient (Wildman–Crippen LogP) is 2.56. The van der Waals surface area contributed by atoms with E-state index in [2.05, 4.69) is 0 Å². The van der Waals surface area contributed by atoms with E-state index in [1.807, 2.05) is 19.1 Å². The number of ether oxygens (including phenoxy) is 4. The number of amides is 2. The molecule has 2 aromatic carbocycles. The lowest BCUT2D eigenvalue weighted by Crippen LogP contribution is -2.51. The van der Waals surface area contributed by atoms with Crippen molar-refractivity contribution in [1.82, 2.24) is 9.80 Å². The number of piperazine rings is 1. The molecule has 1 heterocycles. The van der Waals surface area contributed by atoms with Crippen LogP contribution in [0.3, 0.4) is 0 Å². The first-order valence-corrected chi connectivity index (χ1v) is 10.4. The van der Waals surface area contributed by atoms with E-state index in [0.717, 1.165) is 11.1 Å². The van der Waals surface area contributed by atoms with Crippen LogP contribution in [0, 0.1) is 6.92 Å². The molecule has 0 aliphatic carbocycles. The third-order valence-electron chi connectivity index (χ3n) is 5.65. The van der Waals surface area contributed by atoms with E-state index < -0.39 is 0 Å². The highest BCUT2D eigenvalue weighted by molar-refractivity contribution is 5.95. The zero-order chi connectivity index (χ0) is 23.3. The topological polar surface area (TPSA) is 77.5 Å². The smallest absolute Gasteiger partial charge is 0.254 e. The number of aryl methyl sites for hydroxylation is 1. The molecule has 2 aromatic rings. The van der Waals surface area contributed by atoms with Crippen LogP contribution < -0.4 is 18.9 Å². The quantitative estimate of drug-likeness (QED) is 0.656. The third-order valence-corrected chi connectivity index (χ3v) is 5.65. The van der Waals surface area contributed by atoms with E-state index >= 15 is 0 Å². The number of carbonyl (C=O) groups excluding carboxylic acids is 2. The molecule has 0 spiro atoms. The van der Waals surface area contributed by atoms with Crippen LogP contribution in [0.25, 0.3) is 0 Å². The van der Waals surface area contributed by atoms with E-state index in [1.165, 1.54) is 0 Å². The summed E-state index contributed by atoms with van der Waals surface area (Å²) >= 11 is 0. The largest absolute Gasteiger partial charge is 0.496 e. The highest BCUT2D eigenvalue weighted by Crippen LogP contribution is 2.38. The Bertz CT molecular complexity index is 957. The van der Waals surface area contributed by atoms with Crippen molar-refractivity contribution in [2.24, 2.45) is 0 Å². The zero-order valence-electron chi connectivity index (χ0n) is 19.3. The minimum absolute atomic E-state index is 0.0108. The second kappa shape index (κ2) is 10.3. The highest BCUT2D eigenvalue weighted by atomic mass is 16.5. The maximum absolute atomic E-state index is 12.9. The summed E-state index contributed by atoms with van der Waals surface area (Å²) in [6.07, 6.45) is 0.208. The second-order valence-corrected chi connectivity index (χ2v) is 7.57. The van der Waals surface area contributed by atoms with E-state index in [0.29, 0.717) is 54.7 Å². The van der Waals surface area contributed by atoms with Crippen molar-refractivity contribution in [3.63, 3.8) is 0 Å². The molecule has 32 heavy (non-hydrogen) atoms. The monoisotopic (exact) mass is 442 g/mol. The van der Waals surface area contributed by atoms with Crippen LogP contribution in [0.5, 0.6) is 23.0 Å². The minimum Gasteiger partial charge on any atom is -0.496 e. The molecule has 0 atom stereocenters. The van der Waals surface area contributed by atoms with E-state index in [9.17, 15) is 9.59 Å². The van der Waals surface area contributed by atoms with Crippen molar-refractivity contribution >= 4 is 11.8 Å². The van der Waals surface area contributed by atoms with E-state index in [4.69, 9.17) is 18.9 Å². The van der Waals surface area contributed by atoms with Gasteiger partial charge in [-0.05, 0) is 42.3 Å². The van der Waals surface area contributed by atoms with Gasteiger partial charge in [0.05, 0.1) is 34.9 Å². The molecule has 1 saturated heterocycles. The molecule has 3 rings (SSSR count). The first-order chi connectivity index (χ1) is 15.4. The third kappa shape index (κ3) is 4.90. The van der Waals surface area contributed by atoms with Gasteiger partial charge in [-0.1, -0.05) is 6.07 Å². The summed E-state index contributed by atoms with van der Waals surface area (Å²) in [4.78, 5) is 29.3. The van der Waals surface area contributed by atoms with Gasteiger partial charge in [0, 0.05) is 31.7 Å². The first kappa shape index (κ1) is 23.2. The maximum atomic E-state index is 12.9. The Labute approximate surface area is 188 Å². The molecule has 0 radical (unpaired) electrons. The molecule has 0 aromatic heterocycles. The number of nitrogens with zero attached hydrogens (tertiary/aromatic N) is 2. The van der Waals surface area contributed by atoms with Crippen molar-refractivity contribution in [3.8, 4) is 23.0 Å². The molecule has 0 unspecified atom stereocenters. The minimum atomic E-state index is -0.0555. The summed E-state index contributed by atoms with van der Waals surface area (Å²) < 4.78 is 21.4. The van der Waals surface area contributed by atoms with E-state index in [1.54, 1.807) is 56.4 Å². The van der Waals surface area contributed by atoms with Gasteiger partial charge < -0.3 is 28.7 Å². The van der Waals surface area contributed by atoms with Crippen LogP contribution in [0.15, 0.2) is 30.3 Å². The van der Waals surface area contributed by atoms with Crippen LogP contribution in [0.4, 0.5) is 0 Å². The Morgan fingerprint density at radius 2 is 1.34 bits per heavy atom. The van der Waals surface area contributed by atoms with Gasteiger partial charge in [-0.3, -0.25) is 9.59 Å². The molecule has 1 fully saturated rings. The van der Waals surface area contributed by atoms with Gasteiger partial charge in [0.25, 0.3) is 5.91 Å². The molecular formula is C24H30N2O6. The normalized spacial score (nSPS) is 13.5. The molecule has 1 aliphatic rings. The number of hydrogen-bond donors (Lipinski definition) is 0. The number of hydrogen-bond acceptors (Lipinski definition) is 6. The fourth-order valence-corrected chi connectivity index (χ4v) is 3.82. The van der Waals surface area contributed by atoms with Crippen molar-refractivity contribution in [3.05, 3.63) is 47.0 Å². The van der Waals surface area contributed by atoms with Gasteiger partial charge in [-0.25, -0.2) is 0 Å². The maximum Gasteiger partial charge on any atom is 0.254 e. The predicted molar refractivity (Wildman–Crippen MR) is 120 cm³/mol. The van der Waals surface area contributed by atoms with Gasteiger partial charge in [-0.15, -0.1) is 0 Å². The first-order valence-electron chi connectivity index (χ1n) is 10.4. The summed E-state index contributed by atoms with van der Waals surface area (Å²) in [5.74, 6) is 2.14. The Kier molecular flexibility index (Phi) is 7.45. The lowest BCUT2D eigenvalue weighted by molar-refractivity contribution is -0.131. The molecule has 0 N–H and O–H groups in total. The van der Waals surface area contributed by atoms with Crippen LogP contribution in [0.1, 0.15) is 21.5 Å². The Hall–Kier alpha value is -3.42. The van der Waals surface area contributed by atoms with Gasteiger partial charge >= 0.3 is 0 Å². The summed E-state index contributed by atoms with van der Waals surface area (Å²) in [6.45, 7) is 3.87. The van der Waals surface area contributed by atoms with Gasteiger partial charge in [0.2, 0.25) is 11.7 Å². The van der Waals surface area contributed by atoms with E-state index in [-0.39, 0.29) is 18.2 Å². The molecule has 8 heteroatoms. The number of carbonyl (C=O) groups is 2. The number of rotatable bonds is 7. The van der Waals surface area contributed by atoms with Crippen molar-refractivity contribution in [2.75, 3.05) is 54.6 Å². The highest BCUT2D eigenvalue weighted by Gasteiger charge is 2.26. The summed E-state index contributed by atoms with van der Waals surface area (Å²) in [5, 5.41) is 0. The van der Waals surface area contributed by atoms with Crippen LogP contribution >= 0.6 is 0 Å². The van der Waals surface area contributed by atoms with Gasteiger partial charge in [0.1, 0.15) is 5.75 Å². The van der Waals surface area contributed by atoms with Gasteiger partial charge in [-0.2, -0.15) is 0 Å². The van der Waals surface area contributed by atoms with Crippen LogP contribution in [-0.4, -0.2) is 76.2 Å². The SMILES string of the molecule is COc1cc(C(=O)N2CCN(C(=O)Cc3cc(OC)c(OC)c(OC)c3)CC2)ccc1C. The molecule has 0 bridgehead atoms. The molecule has 8 nitrogen and oxygen atoms in total. The van der Waals surface area contributed by atoms with Gasteiger partial charge in [0.15, 0.2) is 11.5 Å². The zero-order valence-corrected chi connectivity index (χ0v) is 19.3. The molecule has 1 aliphatic heterocycles. The second-order valence-electron chi connectivity index (χ2n) is 7.57. The molecule has 172 valence electrons. The lowest BCUT2D eigenvalue weighted by atomic mass is 10.1. The fraction of sp³-hybridized carbons (Fsp3) is 0.417.